The van der Waals surface area contributed by atoms with Crippen molar-refractivity contribution in [2.75, 3.05) is 23.4 Å². The molecule has 1 fully saturated rings. The summed E-state index contributed by atoms with van der Waals surface area (Å²) in [6.45, 7) is 3.04. The van der Waals surface area contributed by atoms with Gasteiger partial charge in [0.25, 0.3) is 5.91 Å². The van der Waals surface area contributed by atoms with Crippen molar-refractivity contribution in [1.29, 1.82) is 0 Å². The molecule has 3 heterocycles. The lowest BCUT2D eigenvalue weighted by Gasteiger charge is -2.36. The van der Waals surface area contributed by atoms with Gasteiger partial charge in [0.05, 0.1) is 30.9 Å². The molecule has 0 spiro atoms. The zero-order valence-electron chi connectivity index (χ0n) is 25.8. The molecule has 9 nitrogen and oxygen atoms in total. The number of benzene rings is 3. The molecule has 6 rings (SSSR count). The first-order chi connectivity index (χ1) is 22.2. The fraction of sp³-hybridized carbons (Fsp3) is 0.361. The lowest BCUT2D eigenvalue weighted by molar-refractivity contribution is -0.139. The molecule has 1 saturated heterocycles. The fourth-order valence-electron chi connectivity index (χ4n) is 6.82. The van der Waals surface area contributed by atoms with Crippen LogP contribution in [0.4, 0.5) is 11.4 Å². The quantitative estimate of drug-likeness (QED) is 0.258. The molecule has 3 aromatic rings. The number of hydrogen-bond donors (Lipinski definition) is 4. The third kappa shape index (κ3) is 6.20. The number of nitrogens with zero attached hydrogens (tertiary/aromatic N) is 2. The smallest absolute Gasteiger partial charge is 0.264 e. The standard InChI is InChI=1S/C36H39ClN4O5/c1-23(7-4-13-33(43)40-21-26-10-3-2-9-25(26)18-29(40)22-42)36(46)30-19-27(37)14-15-32(30)41(35(36)45)20-24-8-5-11-28(17-24)39-34(44)31-12-6-16-38-31/h2-5,7-11,14-15,17,19,23,29,31,38,42,46H,6,12-13,16,18,20-22H2,1H3,(H,39,44)/b7-4+/t23-,29+,31-,36+/m1/s1. The number of aliphatic hydroxyl groups is 2. The predicted molar refractivity (Wildman–Crippen MR) is 177 cm³/mol. The number of amides is 3. The molecule has 0 aromatic heterocycles. The second kappa shape index (κ2) is 13.4. The highest BCUT2D eigenvalue weighted by Crippen LogP contribution is 2.46. The van der Waals surface area contributed by atoms with E-state index in [9.17, 15) is 24.6 Å². The number of anilines is 2. The summed E-state index contributed by atoms with van der Waals surface area (Å²) in [6, 6.07) is 19.8. The van der Waals surface area contributed by atoms with Gasteiger partial charge in [0, 0.05) is 35.2 Å². The molecule has 3 amide bonds. The highest BCUT2D eigenvalue weighted by atomic mass is 35.5. The summed E-state index contributed by atoms with van der Waals surface area (Å²) >= 11 is 6.35. The predicted octanol–water partition coefficient (Wildman–Crippen LogP) is 4.29. The van der Waals surface area contributed by atoms with Crippen LogP contribution in [0.3, 0.4) is 0 Å². The van der Waals surface area contributed by atoms with Crippen molar-refractivity contribution < 1.29 is 24.6 Å². The molecule has 0 unspecified atom stereocenters. The van der Waals surface area contributed by atoms with Gasteiger partial charge in [-0.25, -0.2) is 0 Å². The maximum absolute atomic E-state index is 14.0. The molecule has 4 atom stereocenters. The topological polar surface area (TPSA) is 122 Å². The molecule has 0 bridgehead atoms. The molecular weight excluding hydrogens is 604 g/mol. The SMILES string of the molecule is C[C@H](/C=C/CC(=O)N1Cc2ccccc2C[C@H]1CO)[C@@]1(O)C(=O)N(Cc2cccc(NC(=O)[C@H]3CCCN3)c2)c2ccc(Cl)cc21. The van der Waals surface area contributed by atoms with Crippen LogP contribution < -0.4 is 15.5 Å². The third-order valence-corrected chi connectivity index (χ3v) is 9.64. The number of hydrogen-bond acceptors (Lipinski definition) is 6. The van der Waals surface area contributed by atoms with Gasteiger partial charge in [-0.3, -0.25) is 14.4 Å². The summed E-state index contributed by atoms with van der Waals surface area (Å²) in [6.07, 6.45) is 5.79. The fourth-order valence-corrected chi connectivity index (χ4v) is 6.99. The van der Waals surface area contributed by atoms with E-state index in [1.54, 1.807) is 42.2 Å². The second-order valence-electron chi connectivity index (χ2n) is 12.4. The molecule has 3 aliphatic rings. The van der Waals surface area contributed by atoms with E-state index in [0.29, 0.717) is 34.9 Å². The van der Waals surface area contributed by atoms with E-state index in [2.05, 4.69) is 10.6 Å². The first kappa shape index (κ1) is 31.9. The number of rotatable bonds is 9. The van der Waals surface area contributed by atoms with Gasteiger partial charge < -0.3 is 30.6 Å². The van der Waals surface area contributed by atoms with E-state index in [4.69, 9.17) is 11.6 Å². The Morgan fingerprint density at radius 3 is 2.70 bits per heavy atom. The first-order valence-corrected chi connectivity index (χ1v) is 16.2. The van der Waals surface area contributed by atoms with Gasteiger partial charge >= 0.3 is 0 Å². The number of aliphatic hydroxyl groups excluding tert-OH is 1. The molecule has 3 aliphatic heterocycles. The minimum absolute atomic E-state index is 0.0638. The Bertz CT molecular complexity index is 1670. The molecule has 3 aromatic carbocycles. The average molecular weight is 643 g/mol. The van der Waals surface area contributed by atoms with E-state index in [-0.39, 0.29) is 43.5 Å². The van der Waals surface area contributed by atoms with Crippen molar-refractivity contribution in [3.05, 3.63) is 106 Å². The van der Waals surface area contributed by atoms with Crippen molar-refractivity contribution in [2.24, 2.45) is 5.92 Å². The largest absolute Gasteiger partial charge is 0.394 e. The first-order valence-electron chi connectivity index (χ1n) is 15.8. The Kier molecular flexibility index (Phi) is 9.29. The van der Waals surface area contributed by atoms with Crippen LogP contribution in [0, 0.1) is 5.92 Å². The van der Waals surface area contributed by atoms with Crippen LogP contribution in [-0.4, -0.2) is 58.1 Å². The van der Waals surface area contributed by atoms with Gasteiger partial charge in [-0.1, -0.05) is 67.1 Å². The second-order valence-corrected chi connectivity index (χ2v) is 12.8. The number of halogens is 1. The van der Waals surface area contributed by atoms with Gasteiger partial charge in [0.1, 0.15) is 0 Å². The summed E-state index contributed by atoms with van der Waals surface area (Å²) < 4.78 is 0. The van der Waals surface area contributed by atoms with Crippen molar-refractivity contribution in [3.63, 3.8) is 0 Å². The van der Waals surface area contributed by atoms with Crippen molar-refractivity contribution in [3.8, 4) is 0 Å². The minimum atomic E-state index is -1.91. The summed E-state index contributed by atoms with van der Waals surface area (Å²) in [5.74, 6) is -1.40. The lowest BCUT2D eigenvalue weighted by Crippen LogP contribution is -2.46. The van der Waals surface area contributed by atoms with Crippen LogP contribution in [0.15, 0.2) is 78.9 Å². The van der Waals surface area contributed by atoms with E-state index in [1.807, 2.05) is 48.5 Å². The van der Waals surface area contributed by atoms with Crippen LogP contribution >= 0.6 is 11.6 Å². The monoisotopic (exact) mass is 642 g/mol. The van der Waals surface area contributed by atoms with Gasteiger partial charge in [-0.05, 0) is 72.8 Å². The van der Waals surface area contributed by atoms with E-state index >= 15 is 0 Å². The third-order valence-electron chi connectivity index (χ3n) is 9.41. The Hall–Kier alpha value is -4.02. The Morgan fingerprint density at radius 2 is 1.93 bits per heavy atom. The van der Waals surface area contributed by atoms with Crippen LogP contribution in [0.25, 0.3) is 0 Å². The average Bonchev–Trinajstić information content (AvgIpc) is 3.67. The van der Waals surface area contributed by atoms with Gasteiger partial charge in [0.2, 0.25) is 11.8 Å². The minimum Gasteiger partial charge on any atom is -0.394 e. The summed E-state index contributed by atoms with van der Waals surface area (Å²) in [5.41, 5.74) is 2.67. The summed E-state index contributed by atoms with van der Waals surface area (Å²) in [5, 5.41) is 28.6. The van der Waals surface area contributed by atoms with Crippen LogP contribution in [0.2, 0.25) is 5.02 Å². The van der Waals surface area contributed by atoms with Gasteiger partial charge in [-0.15, -0.1) is 0 Å². The zero-order chi connectivity index (χ0) is 32.4. The van der Waals surface area contributed by atoms with E-state index < -0.39 is 17.4 Å². The molecule has 0 saturated carbocycles. The van der Waals surface area contributed by atoms with E-state index in [0.717, 1.165) is 36.1 Å². The zero-order valence-corrected chi connectivity index (χ0v) is 26.5. The maximum atomic E-state index is 14.0. The molecule has 4 N–H and O–H groups in total. The van der Waals surface area contributed by atoms with Crippen LogP contribution in [-0.2, 0) is 39.5 Å². The van der Waals surface area contributed by atoms with Crippen molar-refractivity contribution >= 4 is 40.7 Å². The molecule has 46 heavy (non-hydrogen) atoms. The number of nitrogens with one attached hydrogen (secondary N) is 2. The number of fused-ring (bicyclic) bond motifs is 2. The molecular formula is C36H39ClN4O5. The van der Waals surface area contributed by atoms with E-state index in [1.165, 1.54) is 4.90 Å². The van der Waals surface area contributed by atoms with Crippen molar-refractivity contribution in [1.82, 2.24) is 10.2 Å². The van der Waals surface area contributed by atoms with Gasteiger partial charge in [-0.2, -0.15) is 0 Å². The Morgan fingerprint density at radius 1 is 1.13 bits per heavy atom. The van der Waals surface area contributed by atoms with Crippen molar-refractivity contribution in [2.45, 2.75) is 63.4 Å². The maximum Gasteiger partial charge on any atom is 0.264 e. The number of carbonyl (C=O) groups excluding carboxylic acids is 3. The molecule has 240 valence electrons. The number of carbonyl (C=O) groups is 3. The molecule has 0 radical (unpaired) electrons. The van der Waals surface area contributed by atoms with Crippen LogP contribution in [0.5, 0.6) is 0 Å². The molecule has 0 aliphatic carbocycles. The highest BCUT2D eigenvalue weighted by molar-refractivity contribution is 6.31. The lowest BCUT2D eigenvalue weighted by atomic mass is 9.83. The summed E-state index contributed by atoms with van der Waals surface area (Å²) in [4.78, 5) is 43.2. The molecule has 10 heteroatoms. The normalized spacial score (nSPS) is 23.0. The highest BCUT2D eigenvalue weighted by Gasteiger charge is 2.52. The van der Waals surface area contributed by atoms with Crippen LogP contribution in [0.1, 0.15) is 48.4 Å². The Labute approximate surface area is 273 Å². The summed E-state index contributed by atoms with van der Waals surface area (Å²) in [7, 11) is 0. The Balaban J connectivity index is 1.17. The van der Waals surface area contributed by atoms with Gasteiger partial charge in [0.15, 0.2) is 5.60 Å².